The summed E-state index contributed by atoms with van der Waals surface area (Å²) in [5.41, 5.74) is 0. The molecule has 11 heavy (non-hydrogen) atoms. The highest BCUT2D eigenvalue weighted by Gasteiger charge is 2.27. The first-order valence-corrected chi connectivity index (χ1v) is 4.04. The highest BCUT2D eigenvalue weighted by molar-refractivity contribution is 5.80. The van der Waals surface area contributed by atoms with Gasteiger partial charge in [0.1, 0.15) is 6.10 Å². The summed E-state index contributed by atoms with van der Waals surface area (Å²) in [6.45, 7) is 2.44. The van der Waals surface area contributed by atoms with E-state index in [1.807, 2.05) is 7.05 Å². The van der Waals surface area contributed by atoms with Crippen LogP contribution in [0.3, 0.4) is 0 Å². The highest BCUT2D eigenvalue weighted by atomic mass is 16.5. The van der Waals surface area contributed by atoms with Crippen molar-refractivity contribution in [1.29, 1.82) is 0 Å². The first kappa shape index (κ1) is 8.68. The van der Waals surface area contributed by atoms with Gasteiger partial charge in [0, 0.05) is 6.54 Å². The summed E-state index contributed by atoms with van der Waals surface area (Å²) in [5.74, 6) is 0.156. The lowest BCUT2D eigenvalue weighted by Crippen LogP contribution is -2.25. The Kier molecular flexibility index (Phi) is 3.02. The third kappa shape index (κ3) is 2.27. The van der Waals surface area contributed by atoms with Gasteiger partial charge in [-0.2, -0.15) is 0 Å². The average Bonchev–Trinajstić information content (AvgIpc) is 2.37. The molecule has 0 amide bonds. The molecule has 0 aromatic carbocycles. The summed E-state index contributed by atoms with van der Waals surface area (Å²) < 4.78 is 5.45. The van der Waals surface area contributed by atoms with Crippen LogP contribution in [0.1, 0.15) is 19.8 Å². The molecule has 0 aromatic heterocycles. The van der Waals surface area contributed by atoms with E-state index in [4.69, 9.17) is 4.74 Å². The van der Waals surface area contributed by atoms with Gasteiger partial charge in [-0.05, 0) is 26.8 Å². The first-order chi connectivity index (χ1) is 5.24. The minimum Gasteiger partial charge on any atom is -0.366 e. The summed E-state index contributed by atoms with van der Waals surface area (Å²) in [6.07, 6.45) is 2.01. The molecule has 3 heteroatoms. The van der Waals surface area contributed by atoms with E-state index < -0.39 is 0 Å². The molecular weight excluding hydrogens is 142 g/mol. The van der Waals surface area contributed by atoms with Gasteiger partial charge in [0.25, 0.3) is 0 Å². The maximum Gasteiger partial charge on any atom is 0.158 e. The van der Waals surface area contributed by atoms with E-state index in [0.29, 0.717) is 0 Å². The summed E-state index contributed by atoms with van der Waals surface area (Å²) >= 11 is 0. The van der Waals surface area contributed by atoms with Crippen molar-refractivity contribution in [3.8, 4) is 0 Å². The number of Topliss-reactive ketones (excluding diaryl/α,β-unsaturated/α-hetero) is 1. The number of likely N-dealkylation sites (N-methyl/N-ethyl adjacent to an activating group) is 1. The monoisotopic (exact) mass is 157 g/mol. The lowest BCUT2D eigenvalue weighted by Gasteiger charge is -2.10. The predicted octanol–water partition coefficient (Wildman–Crippen LogP) is 0.342. The summed E-state index contributed by atoms with van der Waals surface area (Å²) in [4.78, 5) is 10.9. The van der Waals surface area contributed by atoms with Crippen LogP contribution in [0.2, 0.25) is 0 Å². The normalized spacial score (nSPS) is 30.7. The predicted molar refractivity (Wildman–Crippen MR) is 42.5 cm³/mol. The number of carbonyl (C=O) groups excluding carboxylic acids is 1. The Bertz CT molecular complexity index is 147. The van der Waals surface area contributed by atoms with Crippen LogP contribution in [0.5, 0.6) is 0 Å². The van der Waals surface area contributed by atoms with Gasteiger partial charge in [0.2, 0.25) is 0 Å². The van der Waals surface area contributed by atoms with Crippen LogP contribution in [-0.4, -0.2) is 31.6 Å². The van der Waals surface area contributed by atoms with Gasteiger partial charge < -0.3 is 10.1 Å². The maximum atomic E-state index is 10.9. The average molecular weight is 157 g/mol. The molecule has 1 fully saturated rings. The zero-order valence-electron chi connectivity index (χ0n) is 7.09. The number of rotatable bonds is 3. The Morgan fingerprint density at radius 3 is 2.82 bits per heavy atom. The fourth-order valence-electron chi connectivity index (χ4n) is 1.38. The molecule has 1 N–H and O–H groups in total. The standard InChI is InChI=1S/C8H15NO2/c1-6(10)8-4-3-7(11-8)5-9-2/h7-9H,3-5H2,1-2H3. The van der Waals surface area contributed by atoms with Crippen molar-refractivity contribution in [2.45, 2.75) is 32.0 Å². The van der Waals surface area contributed by atoms with E-state index >= 15 is 0 Å². The smallest absolute Gasteiger partial charge is 0.158 e. The van der Waals surface area contributed by atoms with Crippen LogP contribution >= 0.6 is 0 Å². The van der Waals surface area contributed by atoms with Crippen molar-refractivity contribution >= 4 is 5.78 Å². The van der Waals surface area contributed by atoms with Crippen molar-refractivity contribution in [1.82, 2.24) is 5.32 Å². The second-order valence-electron chi connectivity index (χ2n) is 2.99. The van der Waals surface area contributed by atoms with Crippen LogP contribution < -0.4 is 5.32 Å². The molecule has 0 aromatic rings. The zero-order chi connectivity index (χ0) is 8.27. The van der Waals surface area contributed by atoms with Gasteiger partial charge in [0.05, 0.1) is 6.10 Å². The molecule has 2 unspecified atom stereocenters. The summed E-state index contributed by atoms with van der Waals surface area (Å²) in [5, 5.41) is 3.03. The Morgan fingerprint density at radius 2 is 2.36 bits per heavy atom. The number of hydrogen-bond acceptors (Lipinski definition) is 3. The Morgan fingerprint density at radius 1 is 1.64 bits per heavy atom. The largest absolute Gasteiger partial charge is 0.366 e. The fourth-order valence-corrected chi connectivity index (χ4v) is 1.38. The van der Waals surface area contributed by atoms with Crippen LogP contribution in [0, 0.1) is 0 Å². The van der Waals surface area contributed by atoms with Crippen molar-refractivity contribution in [2.24, 2.45) is 0 Å². The minimum atomic E-state index is -0.131. The van der Waals surface area contributed by atoms with Crippen LogP contribution in [0.4, 0.5) is 0 Å². The number of nitrogens with one attached hydrogen (secondary N) is 1. The molecule has 1 saturated heterocycles. The van der Waals surface area contributed by atoms with Crippen molar-refractivity contribution in [3.05, 3.63) is 0 Å². The summed E-state index contributed by atoms with van der Waals surface area (Å²) in [6, 6.07) is 0. The molecule has 1 aliphatic heterocycles. The second-order valence-corrected chi connectivity index (χ2v) is 2.99. The lowest BCUT2D eigenvalue weighted by atomic mass is 10.1. The van der Waals surface area contributed by atoms with Gasteiger partial charge in [-0.25, -0.2) is 0 Å². The molecular formula is C8H15NO2. The molecule has 64 valence electrons. The van der Waals surface area contributed by atoms with E-state index in [9.17, 15) is 4.79 Å². The van der Waals surface area contributed by atoms with Crippen LogP contribution in [0.25, 0.3) is 0 Å². The van der Waals surface area contributed by atoms with Gasteiger partial charge in [-0.15, -0.1) is 0 Å². The zero-order valence-corrected chi connectivity index (χ0v) is 7.09. The lowest BCUT2D eigenvalue weighted by molar-refractivity contribution is -0.127. The molecule has 0 aliphatic carbocycles. The Labute approximate surface area is 67.1 Å². The third-order valence-electron chi connectivity index (χ3n) is 1.99. The van der Waals surface area contributed by atoms with E-state index in [0.717, 1.165) is 19.4 Å². The van der Waals surface area contributed by atoms with Gasteiger partial charge in [0.15, 0.2) is 5.78 Å². The Hall–Kier alpha value is -0.410. The second kappa shape index (κ2) is 3.83. The maximum absolute atomic E-state index is 10.9. The number of hydrogen-bond donors (Lipinski definition) is 1. The Balaban J connectivity index is 2.29. The van der Waals surface area contributed by atoms with Gasteiger partial charge >= 0.3 is 0 Å². The molecule has 1 heterocycles. The summed E-state index contributed by atoms with van der Waals surface area (Å²) in [7, 11) is 1.89. The van der Waals surface area contributed by atoms with Crippen LogP contribution in [0.15, 0.2) is 0 Å². The van der Waals surface area contributed by atoms with Crippen molar-refractivity contribution < 1.29 is 9.53 Å². The molecule has 0 bridgehead atoms. The topological polar surface area (TPSA) is 38.3 Å². The van der Waals surface area contributed by atoms with E-state index in [2.05, 4.69) is 5.32 Å². The first-order valence-electron chi connectivity index (χ1n) is 4.04. The number of ether oxygens (including phenoxy) is 1. The van der Waals surface area contributed by atoms with Crippen molar-refractivity contribution in [2.75, 3.05) is 13.6 Å². The SMILES string of the molecule is CNCC1CCC(C(C)=O)O1. The molecule has 3 nitrogen and oxygen atoms in total. The van der Waals surface area contributed by atoms with Crippen LogP contribution in [-0.2, 0) is 9.53 Å². The van der Waals surface area contributed by atoms with E-state index in [1.54, 1.807) is 6.92 Å². The van der Waals surface area contributed by atoms with E-state index in [-0.39, 0.29) is 18.0 Å². The quantitative estimate of drug-likeness (QED) is 0.642. The third-order valence-corrected chi connectivity index (χ3v) is 1.99. The molecule has 0 saturated carbocycles. The number of ketones is 1. The minimum absolute atomic E-state index is 0.131. The highest BCUT2D eigenvalue weighted by Crippen LogP contribution is 2.19. The molecule has 2 atom stereocenters. The van der Waals surface area contributed by atoms with Crippen molar-refractivity contribution in [3.63, 3.8) is 0 Å². The number of carbonyl (C=O) groups is 1. The molecule has 0 radical (unpaired) electrons. The molecule has 1 rings (SSSR count). The molecule has 1 aliphatic rings. The fraction of sp³-hybridized carbons (Fsp3) is 0.875. The van der Waals surface area contributed by atoms with E-state index in [1.165, 1.54) is 0 Å². The van der Waals surface area contributed by atoms with Gasteiger partial charge in [-0.1, -0.05) is 0 Å². The molecule has 0 spiro atoms. The van der Waals surface area contributed by atoms with Gasteiger partial charge in [-0.3, -0.25) is 4.79 Å².